The molecule has 4 nitrogen and oxygen atoms in total. The molecule has 0 rings (SSSR count). The molecule has 126 valence electrons. The predicted octanol–water partition coefficient (Wildman–Crippen LogP) is 4.42. The van der Waals surface area contributed by atoms with Gasteiger partial charge < -0.3 is 0 Å². The Labute approximate surface area is 137 Å². The van der Waals surface area contributed by atoms with Crippen molar-refractivity contribution in [2.75, 3.05) is 0 Å². The highest BCUT2D eigenvalue weighted by Crippen LogP contribution is 2.07. The number of hydrogen-bond donors (Lipinski definition) is 0. The molecule has 0 aromatic rings. The van der Waals surface area contributed by atoms with Gasteiger partial charge in [0.15, 0.2) is 0 Å². The Hall–Kier alpha value is -1.32. The Balaban J connectivity index is 5.78. The van der Waals surface area contributed by atoms with E-state index in [1.807, 2.05) is 12.4 Å². The minimum absolute atomic E-state index is 0.137. The van der Waals surface area contributed by atoms with E-state index in [2.05, 4.69) is 89.2 Å². The molecule has 0 spiro atoms. The van der Waals surface area contributed by atoms with Crippen LogP contribution in [0.25, 0.3) is 0 Å². The van der Waals surface area contributed by atoms with E-state index in [1.165, 1.54) is 0 Å². The van der Waals surface area contributed by atoms with Crippen molar-refractivity contribution in [2.24, 2.45) is 20.0 Å². The molecule has 0 fully saturated rings. The maximum Gasteiger partial charge on any atom is 0.102 e. The van der Waals surface area contributed by atoms with Crippen molar-refractivity contribution in [1.82, 2.24) is 0 Å². The first kappa shape index (κ1) is 20.7. The molecule has 0 atom stereocenters. The Morgan fingerprint density at radius 2 is 0.909 bits per heavy atom. The average Bonchev–Trinajstić information content (AvgIpc) is 2.27. The van der Waals surface area contributed by atoms with E-state index >= 15 is 0 Å². The van der Waals surface area contributed by atoms with Crippen LogP contribution in [0, 0.1) is 0 Å². The molecule has 0 aromatic carbocycles. The van der Waals surface area contributed by atoms with Gasteiger partial charge in [-0.25, -0.2) is 0 Å². The van der Waals surface area contributed by atoms with Crippen LogP contribution in [-0.2, 0) is 0 Å². The lowest BCUT2D eigenvalue weighted by Gasteiger charge is -2.14. The van der Waals surface area contributed by atoms with Crippen molar-refractivity contribution >= 4 is 23.9 Å². The summed E-state index contributed by atoms with van der Waals surface area (Å²) in [5, 5.41) is 0. The molecular formula is C18H34N4. The highest BCUT2D eigenvalue weighted by atomic mass is 14.9. The smallest absolute Gasteiger partial charge is 0.102 e. The molecule has 0 aliphatic rings. The molecular weight excluding hydrogens is 272 g/mol. The van der Waals surface area contributed by atoms with Gasteiger partial charge >= 0.3 is 0 Å². The van der Waals surface area contributed by atoms with Crippen LogP contribution in [-0.4, -0.2) is 47.0 Å². The van der Waals surface area contributed by atoms with E-state index in [0.717, 1.165) is 11.4 Å². The number of nitrogens with zero attached hydrogens (tertiary/aromatic N) is 4. The van der Waals surface area contributed by atoms with E-state index in [1.54, 1.807) is 0 Å². The van der Waals surface area contributed by atoms with E-state index in [4.69, 9.17) is 0 Å². The average molecular weight is 306 g/mol. The van der Waals surface area contributed by atoms with Crippen LogP contribution in [0.5, 0.6) is 0 Å². The summed E-state index contributed by atoms with van der Waals surface area (Å²) in [5.41, 5.74) is 1.32. The Bertz CT molecular complexity index is 408. The van der Waals surface area contributed by atoms with Gasteiger partial charge in [-0.15, -0.1) is 0 Å². The van der Waals surface area contributed by atoms with Crippen molar-refractivity contribution in [1.29, 1.82) is 0 Å². The Kier molecular flexibility index (Phi) is 7.85. The normalized spacial score (nSPS) is 15.8. The van der Waals surface area contributed by atoms with Crippen LogP contribution in [0.2, 0.25) is 0 Å². The molecule has 0 aliphatic heterocycles. The van der Waals surface area contributed by atoms with E-state index in [0.29, 0.717) is 0 Å². The lowest BCUT2D eigenvalue weighted by atomic mass is 10.1. The second-order valence-corrected chi connectivity index (χ2v) is 8.07. The zero-order valence-corrected chi connectivity index (χ0v) is 16.1. The van der Waals surface area contributed by atoms with Crippen molar-refractivity contribution < 1.29 is 0 Å². The molecule has 0 saturated carbocycles. The third kappa shape index (κ3) is 11.4. The standard InChI is InChI=1S/C18H34N4/c1-13(2)21-15(11-19-17(5,6)7)16(22-14(3)4)12-20-18(8,9)10/h11-14H,1-10H3. The van der Waals surface area contributed by atoms with Gasteiger partial charge in [0.05, 0.1) is 11.1 Å². The predicted molar refractivity (Wildman–Crippen MR) is 102 cm³/mol. The Morgan fingerprint density at radius 1 is 0.636 bits per heavy atom. The zero-order valence-electron chi connectivity index (χ0n) is 16.1. The summed E-state index contributed by atoms with van der Waals surface area (Å²) in [5.74, 6) is 0. The maximum atomic E-state index is 4.68. The molecule has 22 heavy (non-hydrogen) atoms. The summed E-state index contributed by atoms with van der Waals surface area (Å²) in [7, 11) is 0. The largest absolute Gasteiger partial charge is 0.285 e. The molecule has 0 radical (unpaired) electrons. The molecule has 0 heterocycles. The minimum atomic E-state index is -0.137. The number of rotatable bonds is 5. The van der Waals surface area contributed by atoms with Crippen LogP contribution in [0.1, 0.15) is 69.2 Å². The highest BCUT2D eigenvalue weighted by molar-refractivity contribution is 6.75. The summed E-state index contributed by atoms with van der Waals surface area (Å²) in [6.45, 7) is 20.6. The summed E-state index contributed by atoms with van der Waals surface area (Å²) >= 11 is 0. The van der Waals surface area contributed by atoms with Crippen LogP contribution in [0.15, 0.2) is 20.0 Å². The first-order chi connectivity index (χ1) is 9.80. The van der Waals surface area contributed by atoms with Crippen molar-refractivity contribution in [3.05, 3.63) is 0 Å². The van der Waals surface area contributed by atoms with Gasteiger partial charge in [-0.3, -0.25) is 20.0 Å². The van der Waals surface area contributed by atoms with Gasteiger partial charge in [0.2, 0.25) is 0 Å². The highest BCUT2D eigenvalue weighted by Gasteiger charge is 2.12. The van der Waals surface area contributed by atoms with E-state index < -0.39 is 0 Å². The Morgan fingerprint density at radius 3 is 1.09 bits per heavy atom. The van der Waals surface area contributed by atoms with Gasteiger partial charge in [-0.2, -0.15) is 0 Å². The first-order valence-electron chi connectivity index (χ1n) is 8.06. The van der Waals surface area contributed by atoms with Crippen molar-refractivity contribution in [3.63, 3.8) is 0 Å². The lowest BCUT2D eigenvalue weighted by Crippen LogP contribution is -2.24. The number of hydrogen-bond acceptors (Lipinski definition) is 4. The molecule has 0 saturated heterocycles. The van der Waals surface area contributed by atoms with Crippen LogP contribution >= 0.6 is 0 Å². The maximum absolute atomic E-state index is 4.68. The first-order valence-corrected chi connectivity index (χ1v) is 8.06. The molecule has 0 aromatic heterocycles. The summed E-state index contributed by atoms with van der Waals surface area (Å²) in [4.78, 5) is 18.5. The van der Waals surface area contributed by atoms with Gasteiger partial charge in [0, 0.05) is 24.5 Å². The van der Waals surface area contributed by atoms with Crippen LogP contribution in [0.4, 0.5) is 0 Å². The van der Waals surface area contributed by atoms with Gasteiger partial charge in [-0.05, 0) is 69.2 Å². The second-order valence-electron chi connectivity index (χ2n) is 8.07. The van der Waals surface area contributed by atoms with Gasteiger partial charge in [0.25, 0.3) is 0 Å². The third-order valence-electron chi connectivity index (χ3n) is 2.21. The monoisotopic (exact) mass is 306 g/mol. The molecule has 0 unspecified atom stereocenters. The topological polar surface area (TPSA) is 49.4 Å². The fourth-order valence-electron chi connectivity index (χ4n) is 1.40. The van der Waals surface area contributed by atoms with Crippen molar-refractivity contribution in [2.45, 2.75) is 92.4 Å². The third-order valence-corrected chi connectivity index (χ3v) is 2.21. The fourth-order valence-corrected chi connectivity index (χ4v) is 1.40. The molecule has 0 amide bonds. The fraction of sp³-hybridized carbons (Fsp3) is 0.778. The molecule has 0 bridgehead atoms. The SMILES string of the molecule is CC(C)N=C(C=NC(C)(C)C)C(C=NC(C)(C)C)=NC(C)C. The second kappa shape index (κ2) is 8.35. The lowest BCUT2D eigenvalue weighted by molar-refractivity contribution is 0.586. The van der Waals surface area contributed by atoms with Crippen molar-refractivity contribution in [3.8, 4) is 0 Å². The summed E-state index contributed by atoms with van der Waals surface area (Å²) < 4.78 is 0. The zero-order chi connectivity index (χ0) is 17.6. The quantitative estimate of drug-likeness (QED) is 0.675. The van der Waals surface area contributed by atoms with Crippen LogP contribution < -0.4 is 0 Å². The van der Waals surface area contributed by atoms with E-state index in [-0.39, 0.29) is 23.2 Å². The van der Waals surface area contributed by atoms with Crippen LogP contribution in [0.3, 0.4) is 0 Å². The van der Waals surface area contributed by atoms with Gasteiger partial charge in [-0.1, -0.05) is 0 Å². The minimum Gasteiger partial charge on any atom is -0.285 e. The summed E-state index contributed by atoms with van der Waals surface area (Å²) in [6, 6.07) is 0.364. The van der Waals surface area contributed by atoms with E-state index in [9.17, 15) is 0 Å². The number of aliphatic imine (C=N–C) groups is 4. The molecule has 4 heteroatoms. The van der Waals surface area contributed by atoms with Gasteiger partial charge in [0.1, 0.15) is 11.4 Å². The molecule has 0 aliphatic carbocycles. The molecule has 0 N–H and O–H groups in total. The summed E-state index contributed by atoms with van der Waals surface area (Å²) in [6.07, 6.45) is 3.66.